The summed E-state index contributed by atoms with van der Waals surface area (Å²) in [5.74, 6) is -0.704. The van der Waals surface area contributed by atoms with Crippen molar-refractivity contribution in [1.29, 1.82) is 0 Å². The SMILES string of the molecule is CC(N)c1ccc(-c2cc(F)ccc2C(F)(F)F)cc1.Cl. The molecule has 2 aromatic rings. The van der Waals surface area contributed by atoms with E-state index in [4.69, 9.17) is 5.73 Å². The van der Waals surface area contributed by atoms with E-state index in [1.807, 2.05) is 0 Å². The van der Waals surface area contributed by atoms with E-state index in [1.54, 1.807) is 19.1 Å². The molecule has 1 atom stereocenters. The molecule has 21 heavy (non-hydrogen) atoms. The van der Waals surface area contributed by atoms with Gasteiger partial charge in [-0.05, 0) is 41.8 Å². The highest BCUT2D eigenvalue weighted by Gasteiger charge is 2.33. The molecule has 0 aliphatic rings. The molecular formula is C15H14ClF4N. The van der Waals surface area contributed by atoms with Crippen LogP contribution in [0.2, 0.25) is 0 Å². The van der Waals surface area contributed by atoms with Crippen LogP contribution in [0.1, 0.15) is 24.1 Å². The average Bonchev–Trinajstić information content (AvgIpc) is 2.37. The normalized spacial score (nSPS) is 12.7. The van der Waals surface area contributed by atoms with Crippen molar-refractivity contribution in [2.45, 2.75) is 19.1 Å². The van der Waals surface area contributed by atoms with Crippen LogP contribution in [0.5, 0.6) is 0 Å². The predicted octanol–water partition coefficient (Wildman–Crippen LogP) is 4.95. The number of hydrogen-bond acceptors (Lipinski definition) is 1. The summed E-state index contributed by atoms with van der Waals surface area (Å²) >= 11 is 0. The molecule has 6 heteroatoms. The van der Waals surface area contributed by atoms with E-state index < -0.39 is 17.6 Å². The molecule has 0 radical (unpaired) electrons. The van der Waals surface area contributed by atoms with Crippen LogP contribution in [0, 0.1) is 5.82 Å². The minimum absolute atomic E-state index is 0. The van der Waals surface area contributed by atoms with Gasteiger partial charge in [-0.1, -0.05) is 24.3 Å². The van der Waals surface area contributed by atoms with Crippen LogP contribution in [-0.4, -0.2) is 0 Å². The van der Waals surface area contributed by atoms with Crippen molar-refractivity contribution in [1.82, 2.24) is 0 Å². The van der Waals surface area contributed by atoms with Crippen LogP contribution >= 0.6 is 12.4 Å². The monoisotopic (exact) mass is 319 g/mol. The minimum atomic E-state index is -4.52. The molecule has 2 aromatic carbocycles. The van der Waals surface area contributed by atoms with Crippen LogP contribution in [0.25, 0.3) is 11.1 Å². The molecule has 2 rings (SSSR count). The Hall–Kier alpha value is -1.59. The maximum absolute atomic E-state index is 13.2. The van der Waals surface area contributed by atoms with Crippen molar-refractivity contribution in [3.05, 3.63) is 59.4 Å². The summed E-state index contributed by atoms with van der Waals surface area (Å²) in [4.78, 5) is 0. The van der Waals surface area contributed by atoms with E-state index in [-0.39, 0.29) is 24.0 Å². The summed E-state index contributed by atoms with van der Waals surface area (Å²) in [7, 11) is 0. The van der Waals surface area contributed by atoms with Gasteiger partial charge in [-0.3, -0.25) is 0 Å². The molecule has 114 valence electrons. The maximum atomic E-state index is 13.2. The third-order valence-corrected chi connectivity index (χ3v) is 3.03. The third-order valence-electron chi connectivity index (χ3n) is 3.03. The van der Waals surface area contributed by atoms with Gasteiger partial charge in [-0.25, -0.2) is 4.39 Å². The zero-order chi connectivity index (χ0) is 14.9. The first-order valence-corrected chi connectivity index (χ1v) is 6.01. The largest absolute Gasteiger partial charge is 0.417 e. The van der Waals surface area contributed by atoms with E-state index >= 15 is 0 Å². The summed E-state index contributed by atoms with van der Waals surface area (Å²) in [6.07, 6.45) is -4.52. The summed E-state index contributed by atoms with van der Waals surface area (Å²) in [5, 5.41) is 0. The lowest BCUT2D eigenvalue weighted by Crippen LogP contribution is -2.08. The van der Waals surface area contributed by atoms with E-state index in [2.05, 4.69) is 0 Å². The quantitative estimate of drug-likeness (QED) is 0.778. The van der Waals surface area contributed by atoms with Crippen molar-refractivity contribution in [3.63, 3.8) is 0 Å². The van der Waals surface area contributed by atoms with Gasteiger partial charge in [-0.2, -0.15) is 13.2 Å². The first-order chi connectivity index (χ1) is 9.29. The van der Waals surface area contributed by atoms with Gasteiger partial charge in [0.1, 0.15) is 5.82 Å². The van der Waals surface area contributed by atoms with Crippen molar-refractivity contribution >= 4 is 12.4 Å². The molecule has 0 saturated carbocycles. The molecule has 0 fully saturated rings. The number of rotatable bonds is 2. The number of hydrogen-bond donors (Lipinski definition) is 1. The molecular weight excluding hydrogens is 306 g/mol. The Labute approximate surface area is 126 Å². The molecule has 0 spiro atoms. The van der Waals surface area contributed by atoms with Gasteiger partial charge >= 0.3 is 6.18 Å². The molecule has 0 aromatic heterocycles. The molecule has 1 unspecified atom stereocenters. The second kappa shape index (κ2) is 6.45. The maximum Gasteiger partial charge on any atom is 0.417 e. The summed E-state index contributed by atoms with van der Waals surface area (Å²) in [6, 6.07) is 8.57. The topological polar surface area (TPSA) is 26.0 Å². The highest BCUT2D eigenvalue weighted by molar-refractivity contribution is 5.85. The Morgan fingerprint density at radius 2 is 1.57 bits per heavy atom. The van der Waals surface area contributed by atoms with Crippen LogP contribution in [0.15, 0.2) is 42.5 Å². The van der Waals surface area contributed by atoms with Crippen molar-refractivity contribution in [3.8, 4) is 11.1 Å². The average molecular weight is 320 g/mol. The lowest BCUT2D eigenvalue weighted by atomic mass is 9.97. The summed E-state index contributed by atoms with van der Waals surface area (Å²) in [6.45, 7) is 1.78. The smallest absolute Gasteiger partial charge is 0.324 e. The zero-order valence-corrected chi connectivity index (χ0v) is 11.9. The van der Waals surface area contributed by atoms with E-state index in [0.717, 1.165) is 23.8 Å². The second-order valence-corrected chi connectivity index (χ2v) is 4.60. The van der Waals surface area contributed by atoms with E-state index in [9.17, 15) is 17.6 Å². The van der Waals surface area contributed by atoms with Crippen molar-refractivity contribution in [2.75, 3.05) is 0 Å². The number of alkyl halides is 3. The molecule has 0 bridgehead atoms. The predicted molar refractivity (Wildman–Crippen MR) is 76.7 cm³/mol. The first kappa shape index (κ1) is 17.5. The fraction of sp³-hybridized carbons (Fsp3) is 0.200. The lowest BCUT2D eigenvalue weighted by molar-refractivity contribution is -0.137. The van der Waals surface area contributed by atoms with Crippen molar-refractivity contribution in [2.24, 2.45) is 5.73 Å². The molecule has 2 N–H and O–H groups in total. The fourth-order valence-electron chi connectivity index (χ4n) is 1.97. The Bertz CT molecular complexity index is 606. The Morgan fingerprint density at radius 1 is 1.00 bits per heavy atom. The van der Waals surface area contributed by atoms with Gasteiger partial charge in [0.05, 0.1) is 5.56 Å². The van der Waals surface area contributed by atoms with E-state index in [0.29, 0.717) is 5.56 Å². The molecule has 1 nitrogen and oxygen atoms in total. The molecule has 0 saturated heterocycles. The van der Waals surface area contributed by atoms with Crippen LogP contribution in [-0.2, 0) is 6.18 Å². The number of halogens is 5. The molecule has 0 aliphatic heterocycles. The van der Waals surface area contributed by atoms with Gasteiger partial charge in [0.2, 0.25) is 0 Å². The molecule has 0 heterocycles. The summed E-state index contributed by atoms with van der Waals surface area (Å²) < 4.78 is 52.0. The van der Waals surface area contributed by atoms with Gasteiger partial charge in [0.15, 0.2) is 0 Å². The zero-order valence-electron chi connectivity index (χ0n) is 11.1. The first-order valence-electron chi connectivity index (χ1n) is 6.01. The van der Waals surface area contributed by atoms with Gasteiger partial charge in [-0.15, -0.1) is 12.4 Å². The van der Waals surface area contributed by atoms with Crippen LogP contribution in [0.4, 0.5) is 17.6 Å². The van der Waals surface area contributed by atoms with Gasteiger partial charge in [0.25, 0.3) is 0 Å². The Morgan fingerprint density at radius 3 is 2.05 bits per heavy atom. The number of benzene rings is 2. The molecule has 0 aliphatic carbocycles. The van der Waals surface area contributed by atoms with Crippen molar-refractivity contribution < 1.29 is 17.6 Å². The number of nitrogens with two attached hydrogens (primary N) is 1. The van der Waals surface area contributed by atoms with Crippen LogP contribution in [0.3, 0.4) is 0 Å². The lowest BCUT2D eigenvalue weighted by Gasteiger charge is -2.14. The Kier molecular flexibility index (Phi) is 5.36. The Balaban J connectivity index is 0.00000220. The van der Waals surface area contributed by atoms with Gasteiger partial charge in [0, 0.05) is 6.04 Å². The standard InChI is InChI=1S/C15H13F4N.ClH/c1-9(20)10-2-4-11(5-3-10)13-8-12(16)6-7-14(13)15(17,18)19;/h2-9H,20H2,1H3;1H. The minimum Gasteiger partial charge on any atom is -0.324 e. The molecule has 0 amide bonds. The highest BCUT2D eigenvalue weighted by Crippen LogP contribution is 2.37. The van der Waals surface area contributed by atoms with E-state index in [1.165, 1.54) is 12.1 Å². The third kappa shape index (κ3) is 3.95. The van der Waals surface area contributed by atoms with Crippen LogP contribution < -0.4 is 5.73 Å². The summed E-state index contributed by atoms with van der Waals surface area (Å²) in [5.41, 5.74) is 5.77. The second-order valence-electron chi connectivity index (χ2n) is 4.60. The highest BCUT2D eigenvalue weighted by atomic mass is 35.5. The van der Waals surface area contributed by atoms with Gasteiger partial charge < -0.3 is 5.73 Å². The fourth-order valence-corrected chi connectivity index (χ4v) is 1.97.